The van der Waals surface area contributed by atoms with Gasteiger partial charge in [0.05, 0.1) is 12.7 Å². The summed E-state index contributed by atoms with van der Waals surface area (Å²) in [6, 6.07) is 6.43. The molecular weight excluding hydrogens is 260 g/mol. The molecule has 0 amide bonds. The minimum atomic E-state index is 0.0231. The molecule has 100 valence electrons. The Labute approximate surface area is 113 Å². The molecule has 0 saturated carbocycles. The topological polar surface area (TPSA) is 94.2 Å². The number of hydrogen-bond acceptors (Lipinski definition) is 7. The van der Waals surface area contributed by atoms with E-state index in [1.807, 2.05) is 0 Å². The summed E-state index contributed by atoms with van der Waals surface area (Å²) in [5, 5.41) is 13.6. The Morgan fingerprint density at radius 3 is 2.70 bits per heavy atom. The van der Waals surface area contributed by atoms with Crippen molar-refractivity contribution >= 4 is 0 Å². The Kier molecular flexibility index (Phi) is 3.00. The summed E-state index contributed by atoms with van der Waals surface area (Å²) in [5.74, 6) is 1.38. The Hall–Kier alpha value is -2.96. The van der Waals surface area contributed by atoms with Gasteiger partial charge in [-0.1, -0.05) is 5.16 Å². The third kappa shape index (κ3) is 2.16. The van der Waals surface area contributed by atoms with Crippen molar-refractivity contribution in [2.45, 2.75) is 0 Å². The van der Waals surface area contributed by atoms with Crippen molar-refractivity contribution in [3.05, 3.63) is 36.7 Å². The number of nitrogens with zero attached hydrogens (tertiary/aromatic N) is 4. The molecule has 7 heteroatoms. The Morgan fingerprint density at radius 2 is 1.95 bits per heavy atom. The van der Waals surface area contributed by atoms with Crippen LogP contribution in [-0.2, 0) is 0 Å². The van der Waals surface area contributed by atoms with E-state index in [2.05, 4.69) is 20.1 Å². The van der Waals surface area contributed by atoms with Gasteiger partial charge in [-0.3, -0.25) is 0 Å². The van der Waals surface area contributed by atoms with Crippen LogP contribution < -0.4 is 4.74 Å². The second kappa shape index (κ2) is 4.96. The third-order valence-electron chi connectivity index (χ3n) is 2.63. The molecule has 0 bridgehead atoms. The molecule has 0 spiro atoms. The monoisotopic (exact) mass is 270 g/mol. The minimum absolute atomic E-state index is 0.0231. The van der Waals surface area contributed by atoms with Crippen molar-refractivity contribution in [3.8, 4) is 34.6 Å². The number of phenolic OH excluding ortho intramolecular Hbond substituents is 1. The number of benzene rings is 1. The van der Waals surface area contributed by atoms with Crippen LogP contribution in [0.15, 0.2) is 41.2 Å². The zero-order chi connectivity index (χ0) is 13.9. The smallest absolute Gasteiger partial charge is 0.262 e. The lowest BCUT2D eigenvalue weighted by atomic mass is 10.2. The summed E-state index contributed by atoms with van der Waals surface area (Å²) in [6.45, 7) is 0. The molecule has 0 unspecified atom stereocenters. The van der Waals surface area contributed by atoms with Gasteiger partial charge in [-0.2, -0.15) is 4.98 Å². The number of rotatable bonds is 3. The normalized spacial score (nSPS) is 10.4. The van der Waals surface area contributed by atoms with Gasteiger partial charge in [0.15, 0.2) is 0 Å². The number of aromatic hydroxyl groups is 1. The molecule has 2 heterocycles. The Morgan fingerprint density at radius 1 is 1.15 bits per heavy atom. The van der Waals surface area contributed by atoms with Crippen LogP contribution in [0.25, 0.3) is 23.1 Å². The van der Waals surface area contributed by atoms with Gasteiger partial charge in [0.1, 0.15) is 11.5 Å². The first-order valence-corrected chi connectivity index (χ1v) is 5.76. The molecule has 0 fully saturated rings. The first-order valence-electron chi connectivity index (χ1n) is 5.76. The molecule has 1 N–H and O–H groups in total. The molecule has 0 atom stereocenters. The number of hydrogen-bond donors (Lipinski definition) is 1. The van der Waals surface area contributed by atoms with E-state index in [1.54, 1.807) is 30.6 Å². The van der Waals surface area contributed by atoms with Gasteiger partial charge < -0.3 is 14.4 Å². The standard InChI is InChI=1S/C13H10N4O3/c1-19-8-3-4-10(18)9(7-8)13-16-12(17-20-13)11-14-5-2-6-15-11/h2-7,18H,1H3. The molecule has 3 rings (SSSR count). The van der Waals surface area contributed by atoms with Crippen molar-refractivity contribution in [2.24, 2.45) is 0 Å². The first-order chi connectivity index (χ1) is 9.78. The minimum Gasteiger partial charge on any atom is -0.507 e. The van der Waals surface area contributed by atoms with Gasteiger partial charge >= 0.3 is 0 Å². The van der Waals surface area contributed by atoms with Crippen molar-refractivity contribution < 1.29 is 14.4 Å². The maximum absolute atomic E-state index is 9.85. The third-order valence-corrected chi connectivity index (χ3v) is 2.63. The van der Waals surface area contributed by atoms with Crippen LogP contribution in [-0.4, -0.2) is 32.3 Å². The lowest BCUT2D eigenvalue weighted by Gasteiger charge is -2.02. The van der Waals surface area contributed by atoms with Crippen LogP contribution >= 0.6 is 0 Å². The molecule has 0 aliphatic rings. The molecule has 20 heavy (non-hydrogen) atoms. The molecule has 7 nitrogen and oxygen atoms in total. The SMILES string of the molecule is COc1ccc(O)c(-c2nc(-c3ncccn3)no2)c1. The van der Waals surface area contributed by atoms with E-state index < -0.39 is 0 Å². The Bertz CT molecular complexity index is 727. The quantitative estimate of drug-likeness (QED) is 0.776. The van der Waals surface area contributed by atoms with Crippen LogP contribution in [0.4, 0.5) is 0 Å². The number of phenols is 1. The van der Waals surface area contributed by atoms with Gasteiger partial charge in [-0.05, 0) is 24.3 Å². The second-order valence-electron chi connectivity index (χ2n) is 3.88. The van der Waals surface area contributed by atoms with Crippen molar-refractivity contribution in [2.75, 3.05) is 7.11 Å². The van der Waals surface area contributed by atoms with E-state index in [0.717, 1.165) is 0 Å². The maximum Gasteiger partial charge on any atom is 0.262 e. The fraction of sp³-hybridized carbons (Fsp3) is 0.0769. The van der Waals surface area contributed by atoms with Gasteiger partial charge in [0.25, 0.3) is 5.89 Å². The van der Waals surface area contributed by atoms with Gasteiger partial charge in [0.2, 0.25) is 11.6 Å². The van der Waals surface area contributed by atoms with E-state index >= 15 is 0 Å². The van der Waals surface area contributed by atoms with Gasteiger partial charge in [-0.25, -0.2) is 9.97 Å². The van der Waals surface area contributed by atoms with E-state index in [-0.39, 0.29) is 17.5 Å². The van der Waals surface area contributed by atoms with E-state index in [9.17, 15) is 5.11 Å². The van der Waals surface area contributed by atoms with Crippen LogP contribution in [0.5, 0.6) is 11.5 Å². The van der Waals surface area contributed by atoms with E-state index in [4.69, 9.17) is 9.26 Å². The summed E-state index contributed by atoms with van der Waals surface area (Å²) < 4.78 is 10.2. The average Bonchev–Trinajstić information content (AvgIpc) is 2.98. The highest BCUT2D eigenvalue weighted by molar-refractivity contribution is 5.65. The summed E-state index contributed by atoms with van der Waals surface area (Å²) in [6.07, 6.45) is 3.17. The second-order valence-corrected chi connectivity index (χ2v) is 3.88. The van der Waals surface area contributed by atoms with Crippen molar-refractivity contribution in [1.82, 2.24) is 20.1 Å². The fourth-order valence-corrected chi connectivity index (χ4v) is 1.65. The molecular formula is C13H10N4O3. The highest BCUT2D eigenvalue weighted by Gasteiger charge is 2.16. The van der Waals surface area contributed by atoms with E-state index in [1.165, 1.54) is 13.2 Å². The van der Waals surface area contributed by atoms with Crippen molar-refractivity contribution in [3.63, 3.8) is 0 Å². The summed E-state index contributed by atoms with van der Waals surface area (Å²) in [4.78, 5) is 12.2. The molecule has 0 aliphatic carbocycles. The molecule has 0 radical (unpaired) electrons. The van der Waals surface area contributed by atoms with Gasteiger partial charge in [-0.15, -0.1) is 0 Å². The average molecular weight is 270 g/mol. The predicted molar refractivity (Wildman–Crippen MR) is 69.0 cm³/mol. The summed E-state index contributed by atoms with van der Waals surface area (Å²) in [7, 11) is 1.53. The zero-order valence-corrected chi connectivity index (χ0v) is 10.5. The van der Waals surface area contributed by atoms with E-state index in [0.29, 0.717) is 17.1 Å². The molecule has 0 saturated heterocycles. The highest BCUT2D eigenvalue weighted by Crippen LogP contribution is 2.32. The zero-order valence-electron chi connectivity index (χ0n) is 10.5. The predicted octanol–water partition coefficient (Wildman–Crippen LogP) is 1.91. The number of aromatic nitrogens is 4. The maximum atomic E-state index is 9.85. The molecule has 3 aromatic rings. The van der Waals surface area contributed by atoms with Crippen LogP contribution in [0.2, 0.25) is 0 Å². The van der Waals surface area contributed by atoms with Gasteiger partial charge in [0, 0.05) is 12.4 Å². The summed E-state index contributed by atoms with van der Waals surface area (Å²) >= 11 is 0. The Balaban J connectivity index is 2.02. The van der Waals surface area contributed by atoms with Crippen molar-refractivity contribution in [1.29, 1.82) is 0 Å². The molecule has 0 aliphatic heterocycles. The molecule has 2 aromatic heterocycles. The first kappa shape index (κ1) is 12.1. The number of ether oxygens (including phenoxy) is 1. The fourth-order valence-electron chi connectivity index (χ4n) is 1.65. The summed E-state index contributed by atoms with van der Waals surface area (Å²) in [5.41, 5.74) is 0.388. The van der Waals surface area contributed by atoms with Crippen LogP contribution in [0, 0.1) is 0 Å². The molecule has 1 aromatic carbocycles. The lowest BCUT2D eigenvalue weighted by Crippen LogP contribution is -1.89. The van der Waals surface area contributed by atoms with Crippen LogP contribution in [0.1, 0.15) is 0 Å². The number of methoxy groups -OCH3 is 1. The lowest BCUT2D eigenvalue weighted by molar-refractivity contribution is 0.408. The largest absolute Gasteiger partial charge is 0.507 e. The van der Waals surface area contributed by atoms with Crippen LogP contribution in [0.3, 0.4) is 0 Å². The highest BCUT2D eigenvalue weighted by atomic mass is 16.5.